The van der Waals surface area contributed by atoms with E-state index in [1.807, 2.05) is 0 Å². The monoisotopic (exact) mass is 482 g/mol. The van der Waals surface area contributed by atoms with Crippen LogP contribution in [0.15, 0.2) is 72.8 Å². The van der Waals surface area contributed by atoms with Crippen molar-refractivity contribution in [3.05, 3.63) is 95.3 Å². The van der Waals surface area contributed by atoms with E-state index in [9.17, 15) is 27.9 Å². The summed E-state index contributed by atoms with van der Waals surface area (Å²) in [6.45, 7) is 1.68. The Bertz CT molecular complexity index is 1420. The summed E-state index contributed by atoms with van der Waals surface area (Å²) in [6, 6.07) is 17.0. The zero-order valence-electron chi connectivity index (χ0n) is 18.5. The third-order valence-corrected chi connectivity index (χ3v) is 5.66. The maximum atomic E-state index is 14.3. The van der Waals surface area contributed by atoms with E-state index in [-0.39, 0.29) is 34.3 Å². The number of alkyl halides is 3. The molecule has 7 nitrogen and oxygen atoms in total. The summed E-state index contributed by atoms with van der Waals surface area (Å²) in [5.41, 5.74) is 2.66. The van der Waals surface area contributed by atoms with E-state index in [4.69, 9.17) is 5.73 Å². The molecular formula is C25H21F3N4O3. The summed E-state index contributed by atoms with van der Waals surface area (Å²) in [5.74, 6) is -1.80. The van der Waals surface area contributed by atoms with Gasteiger partial charge < -0.3 is 20.7 Å². The number of nitrogens with zero attached hydrogens (tertiary/aromatic N) is 2. The Balaban J connectivity index is 1.79. The summed E-state index contributed by atoms with van der Waals surface area (Å²) in [6.07, 6.45) is -5.06. The van der Waals surface area contributed by atoms with Gasteiger partial charge in [-0.2, -0.15) is 13.2 Å². The van der Waals surface area contributed by atoms with E-state index in [1.54, 1.807) is 25.1 Å². The van der Waals surface area contributed by atoms with Gasteiger partial charge in [-0.1, -0.05) is 36.4 Å². The molecule has 1 unspecified atom stereocenters. The lowest BCUT2D eigenvalue weighted by Crippen LogP contribution is -2.45. The number of aromatic nitrogens is 2. The van der Waals surface area contributed by atoms with Crippen molar-refractivity contribution in [3.8, 4) is 0 Å². The number of rotatable bonds is 6. The van der Waals surface area contributed by atoms with E-state index in [0.29, 0.717) is 5.69 Å². The number of hydrogen-bond donors (Lipinski definition) is 3. The summed E-state index contributed by atoms with van der Waals surface area (Å²) in [5, 5.41) is 13.7. The van der Waals surface area contributed by atoms with Gasteiger partial charge in [0.1, 0.15) is 0 Å². The normalized spacial score (nSPS) is 13.4. The molecule has 1 aromatic heterocycles. The second kappa shape index (κ2) is 8.88. The number of carbonyl (C=O) groups is 2. The van der Waals surface area contributed by atoms with Crippen molar-refractivity contribution < 1.29 is 27.9 Å². The number of benzene rings is 3. The number of imidazole rings is 1. The molecule has 4 aromatic rings. The molecule has 0 saturated heterocycles. The SMILES string of the molecule is CCn1c(C(O)(c2ccccc2)C(F)(F)F)nc2ccc(C(=O)Nc3cccc(C(N)=O)c3)cc21. The number of nitrogens with one attached hydrogen (secondary N) is 1. The fraction of sp³-hybridized carbons (Fsp3) is 0.160. The molecule has 3 aromatic carbocycles. The highest BCUT2D eigenvalue weighted by molar-refractivity contribution is 6.06. The fourth-order valence-corrected chi connectivity index (χ4v) is 3.91. The van der Waals surface area contributed by atoms with Gasteiger partial charge in [-0.25, -0.2) is 4.98 Å². The molecule has 0 aliphatic carbocycles. The van der Waals surface area contributed by atoms with Crippen LogP contribution >= 0.6 is 0 Å². The van der Waals surface area contributed by atoms with Crippen molar-refractivity contribution in [2.75, 3.05) is 5.32 Å². The average molecular weight is 482 g/mol. The molecule has 0 aliphatic heterocycles. The van der Waals surface area contributed by atoms with Gasteiger partial charge in [0.15, 0.2) is 5.82 Å². The molecule has 0 saturated carbocycles. The lowest BCUT2D eigenvalue weighted by atomic mass is 9.92. The lowest BCUT2D eigenvalue weighted by molar-refractivity contribution is -0.252. The number of halogens is 3. The first-order valence-corrected chi connectivity index (χ1v) is 10.6. The molecule has 1 atom stereocenters. The standard InChI is InChI=1S/C25H21F3N4O3/c1-2-32-20-14-16(22(34)30-18-10-6-7-15(13-18)21(29)33)11-12-19(20)31-23(32)24(35,25(26,27)28)17-8-4-3-5-9-17/h3-14,35H,2H2,1H3,(H2,29,33)(H,30,34). The van der Waals surface area contributed by atoms with E-state index in [1.165, 1.54) is 59.2 Å². The maximum absolute atomic E-state index is 14.3. The quantitative estimate of drug-likeness (QED) is 0.382. The fourth-order valence-electron chi connectivity index (χ4n) is 3.91. The summed E-state index contributed by atoms with van der Waals surface area (Å²) in [4.78, 5) is 28.3. The third-order valence-electron chi connectivity index (χ3n) is 5.66. The molecule has 10 heteroatoms. The van der Waals surface area contributed by atoms with Gasteiger partial charge in [-0.15, -0.1) is 0 Å². The predicted octanol–water partition coefficient (Wildman–Crippen LogP) is 4.21. The number of fused-ring (bicyclic) bond motifs is 1. The predicted molar refractivity (Wildman–Crippen MR) is 124 cm³/mol. The highest BCUT2D eigenvalue weighted by Crippen LogP contribution is 2.44. The molecule has 4 rings (SSSR count). The topological polar surface area (TPSA) is 110 Å². The number of anilines is 1. The first kappa shape index (κ1) is 24.0. The van der Waals surface area contributed by atoms with Gasteiger partial charge in [0.25, 0.3) is 5.91 Å². The lowest BCUT2D eigenvalue weighted by Gasteiger charge is -2.30. The summed E-state index contributed by atoms with van der Waals surface area (Å²) >= 11 is 0. The molecule has 0 bridgehead atoms. The number of carbonyl (C=O) groups excluding carboxylic acids is 2. The van der Waals surface area contributed by atoms with Gasteiger partial charge in [0, 0.05) is 28.9 Å². The van der Waals surface area contributed by atoms with Crippen LogP contribution in [0.2, 0.25) is 0 Å². The Morgan fingerprint density at radius 1 is 1.00 bits per heavy atom. The van der Waals surface area contributed by atoms with Crippen LogP contribution in [0.25, 0.3) is 11.0 Å². The van der Waals surface area contributed by atoms with Crippen LogP contribution in [0.4, 0.5) is 18.9 Å². The van der Waals surface area contributed by atoms with Crippen molar-refractivity contribution in [1.82, 2.24) is 9.55 Å². The minimum atomic E-state index is -5.06. The summed E-state index contributed by atoms with van der Waals surface area (Å²) in [7, 11) is 0. The smallest absolute Gasteiger partial charge is 0.370 e. The molecule has 0 radical (unpaired) electrons. The number of aliphatic hydroxyl groups is 1. The van der Waals surface area contributed by atoms with Crippen LogP contribution < -0.4 is 11.1 Å². The Hall–Kier alpha value is -4.18. The minimum absolute atomic E-state index is 0.0583. The van der Waals surface area contributed by atoms with Gasteiger partial charge in [-0.05, 0) is 43.3 Å². The van der Waals surface area contributed by atoms with Gasteiger partial charge in [0.05, 0.1) is 11.0 Å². The first-order chi connectivity index (χ1) is 16.6. The van der Waals surface area contributed by atoms with Crippen LogP contribution in [0.1, 0.15) is 39.0 Å². The highest BCUT2D eigenvalue weighted by atomic mass is 19.4. The molecule has 0 aliphatic rings. The Morgan fingerprint density at radius 3 is 2.34 bits per heavy atom. The van der Waals surface area contributed by atoms with Gasteiger partial charge >= 0.3 is 6.18 Å². The number of amides is 2. The Labute approximate surface area is 198 Å². The van der Waals surface area contributed by atoms with E-state index >= 15 is 0 Å². The van der Waals surface area contributed by atoms with Crippen molar-refractivity contribution in [3.63, 3.8) is 0 Å². The van der Waals surface area contributed by atoms with E-state index in [2.05, 4.69) is 10.3 Å². The van der Waals surface area contributed by atoms with Crippen molar-refractivity contribution in [2.24, 2.45) is 5.73 Å². The second-order valence-electron chi connectivity index (χ2n) is 7.86. The number of primary amides is 1. The average Bonchev–Trinajstić information content (AvgIpc) is 3.21. The van der Waals surface area contributed by atoms with E-state index < -0.39 is 29.4 Å². The number of hydrogen-bond acceptors (Lipinski definition) is 4. The van der Waals surface area contributed by atoms with Gasteiger partial charge in [-0.3, -0.25) is 9.59 Å². The zero-order valence-corrected chi connectivity index (χ0v) is 18.5. The van der Waals surface area contributed by atoms with Crippen LogP contribution in [0.3, 0.4) is 0 Å². The molecule has 2 amide bonds. The molecule has 4 N–H and O–H groups in total. The molecule has 35 heavy (non-hydrogen) atoms. The molecule has 1 heterocycles. The number of nitrogens with two attached hydrogens (primary N) is 1. The van der Waals surface area contributed by atoms with E-state index in [0.717, 1.165) is 0 Å². The third kappa shape index (κ3) is 4.24. The van der Waals surface area contributed by atoms with Crippen molar-refractivity contribution in [2.45, 2.75) is 25.2 Å². The minimum Gasteiger partial charge on any atom is -0.370 e. The Kier molecular flexibility index (Phi) is 6.08. The van der Waals surface area contributed by atoms with Gasteiger partial charge in [0.2, 0.25) is 11.5 Å². The number of aryl methyl sites for hydroxylation is 1. The maximum Gasteiger partial charge on any atom is 0.428 e. The molecule has 0 spiro atoms. The molecular weight excluding hydrogens is 461 g/mol. The van der Waals surface area contributed by atoms with Crippen LogP contribution in [-0.4, -0.2) is 32.6 Å². The largest absolute Gasteiger partial charge is 0.428 e. The summed E-state index contributed by atoms with van der Waals surface area (Å²) < 4.78 is 44.0. The van der Waals surface area contributed by atoms with Crippen LogP contribution in [0.5, 0.6) is 0 Å². The first-order valence-electron chi connectivity index (χ1n) is 10.6. The Morgan fingerprint density at radius 2 is 1.71 bits per heavy atom. The van der Waals surface area contributed by atoms with Crippen LogP contribution in [-0.2, 0) is 12.1 Å². The van der Waals surface area contributed by atoms with Crippen molar-refractivity contribution in [1.29, 1.82) is 0 Å². The second-order valence-corrected chi connectivity index (χ2v) is 7.86. The van der Waals surface area contributed by atoms with Crippen LogP contribution in [0, 0.1) is 0 Å². The van der Waals surface area contributed by atoms with Crippen molar-refractivity contribution >= 4 is 28.5 Å². The zero-order chi connectivity index (χ0) is 25.4. The highest BCUT2D eigenvalue weighted by Gasteiger charge is 2.59. The molecule has 180 valence electrons. The molecule has 0 fully saturated rings.